The lowest BCUT2D eigenvalue weighted by atomic mass is 10.2. The molecule has 0 bridgehead atoms. The Balaban J connectivity index is 1.90. The monoisotopic (exact) mass is 336 g/mol. The molecule has 0 unspecified atom stereocenters. The van der Waals surface area contributed by atoms with E-state index in [0.29, 0.717) is 23.9 Å². The molecule has 1 aromatic rings. The van der Waals surface area contributed by atoms with Crippen LogP contribution in [-0.2, 0) is 10.0 Å². The number of nitrogens with zero attached hydrogens (tertiary/aromatic N) is 4. The minimum absolute atomic E-state index is 0.390. The Morgan fingerprint density at radius 3 is 2.43 bits per heavy atom. The highest BCUT2D eigenvalue weighted by molar-refractivity contribution is 7.89. The lowest BCUT2D eigenvalue weighted by Gasteiger charge is -2.36. The quantitative estimate of drug-likeness (QED) is 0.806. The molecule has 2 aliphatic heterocycles. The molecule has 1 aromatic carbocycles. The molecule has 0 aliphatic carbocycles. The second-order valence-electron chi connectivity index (χ2n) is 6.32. The topological polar surface area (TPSA) is 56.2 Å². The molecule has 7 heteroatoms. The molecular formula is C16H24N4O2S. The van der Waals surface area contributed by atoms with Gasteiger partial charge in [-0.3, -0.25) is 4.99 Å². The number of guanidine groups is 1. The van der Waals surface area contributed by atoms with Crippen LogP contribution < -0.4 is 0 Å². The number of benzene rings is 1. The van der Waals surface area contributed by atoms with Gasteiger partial charge in [-0.2, -0.15) is 0 Å². The Bertz CT molecular complexity index is 722. The van der Waals surface area contributed by atoms with Crippen molar-refractivity contribution in [1.29, 1.82) is 0 Å². The van der Waals surface area contributed by atoms with Gasteiger partial charge in [0.2, 0.25) is 5.96 Å². The van der Waals surface area contributed by atoms with E-state index in [0.717, 1.165) is 37.3 Å². The molecule has 126 valence electrons. The van der Waals surface area contributed by atoms with E-state index >= 15 is 0 Å². The van der Waals surface area contributed by atoms with Crippen molar-refractivity contribution < 1.29 is 8.42 Å². The zero-order valence-corrected chi connectivity index (χ0v) is 14.8. The number of hydrogen-bond donors (Lipinski definition) is 0. The van der Waals surface area contributed by atoms with Gasteiger partial charge in [0.25, 0.3) is 10.0 Å². The SMILES string of the molecule is Cc1ccc(C)c(S(=O)(=O)N2CCN=C2N2CCN(C)CC2)c1. The standard InChI is InChI=1S/C16H24N4O2S/c1-13-4-5-14(2)15(12-13)23(21,22)20-7-6-17-16(20)19-10-8-18(3)9-11-19/h4-5,12H,6-11H2,1-3H3. The summed E-state index contributed by atoms with van der Waals surface area (Å²) in [6.07, 6.45) is 0. The minimum atomic E-state index is -3.56. The molecule has 0 radical (unpaired) electrons. The van der Waals surface area contributed by atoms with Crippen LogP contribution >= 0.6 is 0 Å². The van der Waals surface area contributed by atoms with Crippen molar-refractivity contribution in [2.24, 2.45) is 4.99 Å². The zero-order valence-electron chi connectivity index (χ0n) is 14.0. The second-order valence-corrected chi connectivity index (χ2v) is 8.15. The van der Waals surface area contributed by atoms with Gasteiger partial charge < -0.3 is 9.80 Å². The van der Waals surface area contributed by atoms with Gasteiger partial charge in [0.15, 0.2) is 0 Å². The fourth-order valence-electron chi connectivity index (χ4n) is 3.02. The summed E-state index contributed by atoms with van der Waals surface area (Å²) >= 11 is 0. The number of rotatable bonds is 2. The van der Waals surface area contributed by atoms with Crippen molar-refractivity contribution in [1.82, 2.24) is 14.1 Å². The third-order valence-electron chi connectivity index (χ3n) is 4.48. The number of sulfonamides is 1. The summed E-state index contributed by atoms with van der Waals surface area (Å²) in [5, 5.41) is 0. The Hall–Kier alpha value is -1.60. The molecule has 0 amide bonds. The highest BCUT2D eigenvalue weighted by Gasteiger charge is 2.35. The molecule has 1 saturated heterocycles. The summed E-state index contributed by atoms with van der Waals surface area (Å²) in [4.78, 5) is 9.21. The first-order valence-corrected chi connectivity index (χ1v) is 9.41. The second kappa shape index (κ2) is 6.13. The number of likely N-dealkylation sites (N-methyl/N-ethyl adjacent to an activating group) is 1. The molecule has 0 atom stereocenters. The Morgan fingerprint density at radius 2 is 1.74 bits per heavy atom. The smallest absolute Gasteiger partial charge is 0.266 e. The Kier molecular flexibility index (Phi) is 4.33. The summed E-state index contributed by atoms with van der Waals surface area (Å²) in [7, 11) is -1.47. The normalized spacial score (nSPS) is 20.0. The average molecular weight is 336 g/mol. The van der Waals surface area contributed by atoms with E-state index in [-0.39, 0.29) is 0 Å². The van der Waals surface area contributed by atoms with Crippen LogP contribution in [0.5, 0.6) is 0 Å². The lowest BCUT2D eigenvalue weighted by molar-refractivity contribution is 0.208. The third-order valence-corrected chi connectivity index (χ3v) is 6.40. The van der Waals surface area contributed by atoms with Crippen LogP contribution in [0, 0.1) is 13.8 Å². The molecule has 0 N–H and O–H groups in total. The highest BCUT2D eigenvalue weighted by atomic mass is 32.2. The molecule has 1 fully saturated rings. The van der Waals surface area contributed by atoms with Crippen LogP contribution in [0.25, 0.3) is 0 Å². The van der Waals surface area contributed by atoms with E-state index in [1.165, 1.54) is 4.31 Å². The summed E-state index contributed by atoms with van der Waals surface area (Å²) in [5.74, 6) is 0.610. The first-order chi connectivity index (χ1) is 10.9. The fourth-order valence-corrected chi connectivity index (χ4v) is 4.77. The first kappa shape index (κ1) is 16.3. The lowest BCUT2D eigenvalue weighted by Crippen LogP contribution is -2.52. The van der Waals surface area contributed by atoms with Crippen molar-refractivity contribution in [2.75, 3.05) is 46.3 Å². The third kappa shape index (κ3) is 3.07. The van der Waals surface area contributed by atoms with E-state index in [2.05, 4.69) is 21.8 Å². The van der Waals surface area contributed by atoms with Gasteiger partial charge >= 0.3 is 0 Å². The largest absolute Gasteiger partial charge is 0.339 e. The summed E-state index contributed by atoms with van der Waals surface area (Å²) < 4.78 is 27.8. The molecule has 23 heavy (non-hydrogen) atoms. The van der Waals surface area contributed by atoms with Crippen LogP contribution in [0.2, 0.25) is 0 Å². The molecular weight excluding hydrogens is 312 g/mol. The van der Waals surface area contributed by atoms with Crippen molar-refractivity contribution in [3.8, 4) is 0 Å². The van der Waals surface area contributed by atoms with Crippen LogP contribution in [0.3, 0.4) is 0 Å². The molecule has 6 nitrogen and oxygen atoms in total. The maximum Gasteiger partial charge on any atom is 0.266 e. The van der Waals surface area contributed by atoms with E-state index < -0.39 is 10.0 Å². The molecule has 0 spiro atoms. The summed E-state index contributed by atoms with van der Waals surface area (Å²) in [5.41, 5.74) is 1.73. The fraction of sp³-hybridized carbons (Fsp3) is 0.562. The van der Waals surface area contributed by atoms with Crippen LogP contribution in [0.15, 0.2) is 28.1 Å². The van der Waals surface area contributed by atoms with Gasteiger partial charge in [-0.05, 0) is 38.1 Å². The predicted octanol–water partition coefficient (Wildman–Crippen LogP) is 0.911. The Labute approximate surface area is 138 Å². The van der Waals surface area contributed by atoms with E-state index in [1.54, 1.807) is 6.07 Å². The van der Waals surface area contributed by atoms with Crippen molar-refractivity contribution >= 4 is 16.0 Å². The number of piperazine rings is 1. The molecule has 3 rings (SSSR count). The number of aliphatic imine (C=N–C) groups is 1. The number of hydrogen-bond acceptors (Lipinski definition) is 5. The van der Waals surface area contributed by atoms with Crippen molar-refractivity contribution in [3.63, 3.8) is 0 Å². The first-order valence-electron chi connectivity index (χ1n) is 7.97. The predicted molar refractivity (Wildman–Crippen MR) is 91.2 cm³/mol. The zero-order chi connectivity index (χ0) is 16.6. The summed E-state index contributed by atoms with van der Waals surface area (Å²) in [6, 6.07) is 5.56. The van der Waals surface area contributed by atoms with E-state index in [1.807, 2.05) is 26.0 Å². The van der Waals surface area contributed by atoms with Crippen molar-refractivity contribution in [2.45, 2.75) is 18.7 Å². The van der Waals surface area contributed by atoms with Gasteiger partial charge in [0, 0.05) is 26.2 Å². The maximum atomic E-state index is 13.1. The van der Waals surface area contributed by atoms with Crippen molar-refractivity contribution in [3.05, 3.63) is 29.3 Å². The molecule has 0 aromatic heterocycles. The molecule has 2 aliphatic rings. The summed E-state index contributed by atoms with van der Waals surface area (Å²) in [6.45, 7) is 8.20. The minimum Gasteiger partial charge on any atom is -0.339 e. The average Bonchev–Trinajstić information content (AvgIpc) is 3.00. The van der Waals surface area contributed by atoms with Gasteiger partial charge in [-0.1, -0.05) is 12.1 Å². The van der Waals surface area contributed by atoms with Crippen LogP contribution in [-0.4, -0.2) is 74.8 Å². The van der Waals surface area contributed by atoms with Gasteiger partial charge in [0.1, 0.15) is 0 Å². The van der Waals surface area contributed by atoms with E-state index in [4.69, 9.17) is 0 Å². The van der Waals surface area contributed by atoms with E-state index in [9.17, 15) is 8.42 Å². The van der Waals surface area contributed by atoms with Crippen LogP contribution in [0.4, 0.5) is 0 Å². The highest BCUT2D eigenvalue weighted by Crippen LogP contribution is 2.24. The molecule has 0 saturated carbocycles. The van der Waals surface area contributed by atoms with Gasteiger partial charge in [-0.25, -0.2) is 12.7 Å². The van der Waals surface area contributed by atoms with Crippen LogP contribution in [0.1, 0.15) is 11.1 Å². The van der Waals surface area contributed by atoms with Gasteiger partial charge in [-0.15, -0.1) is 0 Å². The maximum absolute atomic E-state index is 13.1. The van der Waals surface area contributed by atoms with Gasteiger partial charge in [0.05, 0.1) is 18.0 Å². The molecule has 2 heterocycles. The Morgan fingerprint density at radius 1 is 1.04 bits per heavy atom. The number of aryl methyl sites for hydroxylation is 2.